The Balaban J connectivity index is 2.86. The second kappa shape index (κ2) is 3.47. The second-order valence-electron chi connectivity index (χ2n) is 2.90. The van der Waals surface area contributed by atoms with Crippen LogP contribution in [0.2, 0.25) is 0 Å². The first-order valence-corrected chi connectivity index (χ1v) is 4.84. The third-order valence-corrected chi connectivity index (χ3v) is 2.62. The number of carboxylic acid groups (broad SMARTS) is 1. The SMILES string of the molecule is Nc1c(C(=O)O)nnc2c(Br)cccc12. The number of nitrogen functional groups attached to an aromatic ring is 1. The van der Waals surface area contributed by atoms with E-state index in [-0.39, 0.29) is 11.4 Å². The first-order chi connectivity index (χ1) is 7.11. The zero-order chi connectivity index (χ0) is 11.0. The molecule has 1 heterocycles. The van der Waals surface area contributed by atoms with Crippen LogP contribution in [-0.4, -0.2) is 21.3 Å². The number of halogens is 1. The van der Waals surface area contributed by atoms with Crippen molar-refractivity contribution in [2.24, 2.45) is 0 Å². The lowest BCUT2D eigenvalue weighted by Crippen LogP contribution is -2.07. The van der Waals surface area contributed by atoms with Crippen molar-refractivity contribution in [2.45, 2.75) is 0 Å². The molecule has 2 rings (SSSR count). The van der Waals surface area contributed by atoms with E-state index in [2.05, 4.69) is 26.1 Å². The Hall–Kier alpha value is -1.69. The van der Waals surface area contributed by atoms with E-state index in [0.29, 0.717) is 10.9 Å². The smallest absolute Gasteiger partial charge is 0.358 e. The van der Waals surface area contributed by atoms with Crippen LogP contribution in [0.15, 0.2) is 22.7 Å². The van der Waals surface area contributed by atoms with Crippen LogP contribution in [0, 0.1) is 0 Å². The summed E-state index contributed by atoms with van der Waals surface area (Å²) in [6.45, 7) is 0. The van der Waals surface area contributed by atoms with Gasteiger partial charge in [-0.25, -0.2) is 4.79 Å². The van der Waals surface area contributed by atoms with Crippen LogP contribution >= 0.6 is 15.9 Å². The number of carboxylic acids is 1. The molecule has 0 amide bonds. The predicted octanol–water partition coefficient (Wildman–Crippen LogP) is 1.67. The molecule has 2 aromatic rings. The highest BCUT2D eigenvalue weighted by atomic mass is 79.9. The highest BCUT2D eigenvalue weighted by molar-refractivity contribution is 9.10. The van der Waals surface area contributed by atoms with Gasteiger partial charge in [-0.3, -0.25) is 0 Å². The number of anilines is 1. The van der Waals surface area contributed by atoms with Crippen molar-refractivity contribution < 1.29 is 9.90 Å². The van der Waals surface area contributed by atoms with Crippen molar-refractivity contribution in [2.75, 3.05) is 5.73 Å². The van der Waals surface area contributed by atoms with Crippen molar-refractivity contribution in [3.8, 4) is 0 Å². The first-order valence-electron chi connectivity index (χ1n) is 4.05. The minimum Gasteiger partial charge on any atom is -0.476 e. The van der Waals surface area contributed by atoms with Gasteiger partial charge in [0.15, 0.2) is 5.69 Å². The third kappa shape index (κ3) is 1.52. The lowest BCUT2D eigenvalue weighted by molar-refractivity contribution is 0.0691. The normalized spacial score (nSPS) is 10.5. The lowest BCUT2D eigenvalue weighted by Gasteiger charge is -2.04. The van der Waals surface area contributed by atoms with E-state index in [1.807, 2.05) is 0 Å². The van der Waals surface area contributed by atoms with Gasteiger partial charge in [0.25, 0.3) is 0 Å². The molecule has 15 heavy (non-hydrogen) atoms. The molecule has 0 unspecified atom stereocenters. The highest BCUT2D eigenvalue weighted by Crippen LogP contribution is 2.26. The predicted molar refractivity (Wildman–Crippen MR) is 58.6 cm³/mol. The van der Waals surface area contributed by atoms with Crippen LogP contribution in [0.25, 0.3) is 10.9 Å². The summed E-state index contributed by atoms with van der Waals surface area (Å²) in [5.74, 6) is -1.18. The number of nitrogens with zero attached hydrogens (tertiary/aromatic N) is 2. The maximum absolute atomic E-state index is 10.8. The van der Waals surface area contributed by atoms with E-state index in [1.165, 1.54) is 0 Å². The maximum atomic E-state index is 10.8. The summed E-state index contributed by atoms with van der Waals surface area (Å²) < 4.78 is 0.733. The molecule has 0 atom stereocenters. The fourth-order valence-corrected chi connectivity index (χ4v) is 1.72. The number of benzene rings is 1. The fraction of sp³-hybridized carbons (Fsp3) is 0. The Bertz CT molecular complexity index is 556. The Morgan fingerprint density at radius 1 is 1.40 bits per heavy atom. The molecular weight excluding hydrogens is 262 g/mol. The molecule has 0 aliphatic carbocycles. The van der Waals surface area contributed by atoms with Crippen LogP contribution in [0.1, 0.15) is 10.5 Å². The average Bonchev–Trinajstić information content (AvgIpc) is 2.19. The van der Waals surface area contributed by atoms with Gasteiger partial charge in [-0.2, -0.15) is 0 Å². The third-order valence-electron chi connectivity index (χ3n) is 1.98. The molecule has 0 aliphatic rings. The van der Waals surface area contributed by atoms with Gasteiger partial charge in [-0.15, -0.1) is 10.2 Å². The number of hydrogen-bond acceptors (Lipinski definition) is 4. The van der Waals surface area contributed by atoms with Gasteiger partial charge >= 0.3 is 5.97 Å². The highest BCUT2D eigenvalue weighted by Gasteiger charge is 2.14. The molecule has 0 aliphatic heterocycles. The summed E-state index contributed by atoms with van der Waals surface area (Å²) in [6, 6.07) is 5.25. The molecular formula is C9H6BrN3O2. The molecule has 0 saturated heterocycles. The van der Waals surface area contributed by atoms with Crippen molar-refractivity contribution in [1.82, 2.24) is 10.2 Å². The summed E-state index contributed by atoms with van der Waals surface area (Å²) in [5.41, 5.74) is 6.15. The van der Waals surface area contributed by atoms with Crippen LogP contribution in [0.3, 0.4) is 0 Å². The van der Waals surface area contributed by atoms with E-state index in [0.717, 1.165) is 4.47 Å². The standard InChI is InChI=1S/C9H6BrN3O2/c10-5-3-1-2-4-6(11)8(9(14)15)13-12-7(4)5/h1-3H,(H2,11,12)(H,14,15). The fourth-order valence-electron chi connectivity index (χ4n) is 1.27. The van der Waals surface area contributed by atoms with Crippen molar-refractivity contribution in [1.29, 1.82) is 0 Å². The zero-order valence-corrected chi connectivity index (χ0v) is 9.02. The molecule has 3 N–H and O–H groups in total. The molecule has 1 aromatic heterocycles. The Morgan fingerprint density at radius 2 is 2.13 bits per heavy atom. The summed E-state index contributed by atoms with van der Waals surface area (Å²) in [5, 5.41) is 16.7. The average molecular weight is 268 g/mol. The number of nitrogens with two attached hydrogens (primary N) is 1. The summed E-state index contributed by atoms with van der Waals surface area (Å²) in [7, 11) is 0. The molecule has 0 spiro atoms. The molecule has 5 nitrogen and oxygen atoms in total. The lowest BCUT2D eigenvalue weighted by atomic mass is 10.2. The minimum atomic E-state index is -1.18. The quantitative estimate of drug-likeness (QED) is 0.821. The topological polar surface area (TPSA) is 89.1 Å². The van der Waals surface area contributed by atoms with E-state index in [1.54, 1.807) is 18.2 Å². The van der Waals surface area contributed by atoms with Gasteiger partial charge in [-0.1, -0.05) is 12.1 Å². The van der Waals surface area contributed by atoms with Gasteiger partial charge in [0.1, 0.15) is 5.52 Å². The van der Waals surface area contributed by atoms with E-state index >= 15 is 0 Å². The summed E-state index contributed by atoms with van der Waals surface area (Å²) in [4.78, 5) is 10.8. The van der Waals surface area contributed by atoms with Gasteiger partial charge in [0.05, 0.1) is 5.69 Å². The molecule has 1 aromatic carbocycles. The van der Waals surface area contributed by atoms with Crippen molar-refractivity contribution in [3.63, 3.8) is 0 Å². The van der Waals surface area contributed by atoms with Crippen molar-refractivity contribution in [3.05, 3.63) is 28.4 Å². The monoisotopic (exact) mass is 267 g/mol. The van der Waals surface area contributed by atoms with Crippen LogP contribution in [-0.2, 0) is 0 Å². The largest absolute Gasteiger partial charge is 0.476 e. The Kier molecular flexibility index (Phi) is 2.28. The van der Waals surface area contributed by atoms with Gasteiger partial charge < -0.3 is 10.8 Å². The van der Waals surface area contributed by atoms with Gasteiger partial charge in [-0.05, 0) is 22.0 Å². The van der Waals surface area contributed by atoms with Crippen LogP contribution < -0.4 is 5.73 Å². The molecule has 0 radical (unpaired) electrons. The first kappa shape index (κ1) is 9.85. The van der Waals surface area contributed by atoms with Crippen molar-refractivity contribution >= 4 is 38.5 Å². The summed E-state index contributed by atoms with van der Waals surface area (Å²) in [6.07, 6.45) is 0. The van der Waals surface area contributed by atoms with Gasteiger partial charge in [0, 0.05) is 9.86 Å². The molecule has 76 valence electrons. The number of hydrogen-bond donors (Lipinski definition) is 2. The molecule has 0 bridgehead atoms. The van der Waals surface area contributed by atoms with Crippen LogP contribution in [0.4, 0.5) is 5.69 Å². The van der Waals surface area contributed by atoms with Gasteiger partial charge in [0.2, 0.25) is 0 Å². The number of rotatable bonds is 1. The number of carbonyl (C=O) groups is 1. The molecule has 0 fully saturated rings. The number of fused-ring (bicyclic) bond motifs is 1. The Labute approximate surface area is 93.0 Å². The Morgan fingerprint density at radius 3 is 2.80 bits per heavy atom. The van der Waals surface area contributed by atoms with E-state index < -0.39 is 5.97 Å². The van der Waals surface area contributed by atoms with E-state index in [4.69, 9.17) is 10.8 Å². The van der Waals surface area contributed by atoms with Crippen LogP contribution in [0.5, 0.6) is 0 Å². The zero-order valence-electron chi connectivity index (χ0n) is 7.44. The molecule has 6 heteroatoms. The minimum absolute atomic E-state index is 0.133. The molecule has 0 saturated carbocycles. The number of aromatic nitrogens is 2. The maximum Gasteiger partial charge on any atom is 0.358 e. The summed E-state index contributed by atoms with van der Waals surface area (Å²) >= 11 is 3.29. The second-order valence-corrected chi connectivity index (χ2v) is 3.76. The number of aromatic carboxylic acids is 1. The van der Waals surface area contributed by atoms with E-state index in [9.17, 15) is 4.79 Å².